The summed E-state index contributed by atoms with van der Waals surface area (Å²) in [5.41, 5.74) is 1.28. The van der Waals surface area contributed by atoms with Gasteiger partial charge in [-0.1, -0.05) is 18.2 Å². The summed E-state index contributed by atoms with van der Waals surface area (Å²) in [5.74, 6) is -0.0175. The van der Waals surface area contributed by atoms with Crippen LogP contribution in [0.3, 0.4) is 0 Å². The van der Waals surface area contributed by atoms with Crippen molar-refractivity contribution in [3.8, 4) is 5.69 Å². The molecule has 2 fully saturated rings. The first-order valence-electron chi connectivity index (χ1n) is 8.51. The molecular formula is C18H21N5O2. The zero-order valence-electron chi connectivity index (χ0n) is 14.2. The van der Waals surface area contributed by atoms with E-state index in [9.17, 15) is 9.59 Å². The molecule has 3 heterocycles. The lowest BCUT2D eigenvalue weighted by Crippen LogP contribution is -2.54. The number of nitrogens with zero attached hydrogens (tertiary/aromatic N) is 4. The Kier molecular flexibility index (Phi) is 3.71. The lowest BCUT2D eigenvalue weighted by molar-refractivity contribution is 0.0557. The van der Waals surface area contributed by atoms with E-state index in [1.165, 1.54) is 0 Å². The maximum absolute atomic E-state index is 13.0. The standard InChI is InChI=1S/C18H21N5O2/c1-21-17(25)19-13-18(21)8-11-22(12-9-18)16(24)15-7-10-20-23(15)14-5-3-2-4-6-14/h2-7,10H,8-9,11-13H2,1H3,(H,19,25). The van der Waals surface area contributed by atoms with Gasteiger partial charge in [-0.05, 0) is 31.0 Å². The van der Waals surface area contributed by atoms with Crippen LogP contribution < -0.4 is 5.32 Å². The lowest BCUT2D eigenvalue weighted by Gasteiger charge is -2.42. The number of carbonyl (C=O) groups excluding carboxylic acids is 2. The van der Waals surface area contributed by atoms with Crippen molar-refractivity contribution in [3.63, 3.8) is 0 Å². The predicted molar refractivity (Wildman–Crippen MR) is 92.6 cm³/mol. The van der Waals surface area contributed by atoms with E-state index in [-0.39, 0.29) is 17.5 Å². The van der Waals surface area contributed by atoms with Crippen LogP contribution in [0, 0.1) is 0 Å². The largest absolute Gasteiger partial charge is 0.337 e. The molecule has 130 valence electrons. The lowest BCUT2D eigenvalue weighted by atomic mass is 9.87. The van der Waals surface area contributed by atoms with Crippen LogP contribution in [-0.4, -0.2) is 63.7 Å². The molecule has 7 heteroatoms. The van der Waals surface area contributed by atoms with E-state index in [0.29, 0.717) is 25.3 Å². The second kappa shape index (κ2) is 5.91. The fourth-order valence-corrected chi connectivity index (χ4v) is 3.73. The van der Waals surface area contributed by atoms with E-state index in [0.717, 1.165) is 18.5 Å². The molecule has 3 amide bonds. The van der Waals surface area contributed by atoms with Crippen molar-refractivity contribution >= 4 is 11.9 Å². The average Bonchev–Trinajstić information content (AvgIpc) is 3.24. The number of likely N-dealkylation sites (N-methyl/N-ethyl adjacent to an activating group) is 1. The topological polar surface area (TPSA) is 70.5 Å². The van der Waals surface area contributed by atoms with Gasteiger partial charge < -0.3 is 15.1 Å². The molecule has 7 nitrogen and oxygen atoms in total. The first-order chi connectivity index (χ1) is 12.1. The molecule has 0 radical (unpaired) electrons. The molecule has 2 aliphatic heterocycles. The molecule has 2 saturated heterocycles. The minimum Gasteiger partial charge on any atom is -0.337 e. The molecule has 1 aromatic carbocycles. The highest BCUT2D eigenvalue weighted by molar-refractivity contribution is 5.93. The van der Waals surface area contributed by atoms with Crippen molar-refractivity contribution in [2.24, 2.45) is 0 Å². The Hall–Kier alpha value is -2.83. The Balaban J connectivity index is 1.51. The van der Waals surface area contributed by atoms with Crippen LogP contribution in [0.15, 0.2) is 42.6 Å². The van der Waals surface area contributed by atoms with Crippen LogP contribution in [0.5, 0.6) is 0 Å². The van der Waals surface area contributed by atoms with Gasteiger partial charge in [0.05, 0.1) is 17.4 Å². The minimum atomic E-state index is -0.159. The second-order valence-electron chi connectivity index (χ2n) is 6.70. The van der Waals surface area contributed by atoms with Gasteiger partial charge >= 0.3 is 6.03 Å². The number of rotatable bonds is 2. The van der Waals surface area contributed by atoms with Crippen molar-refractivity contribution in [2.45, 2.75) is 18.4 Å². The fraction of sp³-hybridized carbons (Fsp3) is 0.389. The summed E-state index contributed by atoms with van der Waals surface area (Å²) in [6, 6.07) is 11.4. The third-order valence-corrected chi connectivity index (χ3v) is 5.43. The number of aromatic nitrogens is 2. The number of hydrogen-bond acceptors (Lipinski definition) is 3. The fourth-order valence-electron chi connectivity index (χ4n) is 3.73. The predicted octanol–water partition coefficient (Wildman–Crippen LogP) is 1.50. The van der Waals surface area contributed by atoms with Crippen LogP contribution in [-0.2, 0) is 0 Å². The molecule has 2 aliphatic rings. The number of benzene rings is 1. The van der Waals surface area contributed by atoms with E-state index in [1.54, 1.807) is 21.8 Å². The Morgan fingerprint density at radius 2 is 1.88 bits per heavy atom. The van der Waals surface area contributed by atoms with Gasteiger partial charge in [-0.3, -0.25) is 4.79 Å². The number of carbonyl (C=O) groups is 2. The second-order valence-corrected chi connectivity index (χ2v) is 6.70. The van der Waals surface area contributed by atoms with Gasteiger partial charge in [0.1, 0.15) is 5.69 Å². The number of hydrogen-bond donors (Lipinski definition) is 1. The molecule has 4 rings (SSSR count). The first-order valence-corrected chi connectivity index (χ1v) is 8.51. The van der Waals surface area contributed by atoms with Gasteiger partial charge in [0, 0.05) is 26.7 Å². The summed E-state index contributed by atoms with van der Waals surface area (Å²) in [6.07, 6.45) is 3.22. The van der Waals surface area contributed by atoms with E-state index < -0.39 is 0 Å². The normalized spacial score (nSPS) is 19.3. The molecule has 0 atom stereocenters. The molecule has 1 N–H and O–H groups in total. The van der Waals surface area contributed by atoms with Gasteiger partial charge in [0.2, 0.25) is 0 Å². The quantitative estimate of drug-likeness (QED) is 0.901. The highest BCUT2D eigenvalue weighted by Crippen LogP contribution is 2.31. The summed E-state index contributed by atoms with van der Waals surface area (Å²) < 4.78 is 1.68. The smallest absolute Gasteiger partial charge is 0.317 e. The summed E-state index contributed by atoms with van der Waals surface area (Å²) in [7, 11) is 1.84. The van der Waals surface area contributed by atoms with Gasteiger partial charge in [-0.25, -0.2) is 9.48 Å². The molecule has 1 aromatic heterocycles. The summed E-state index contributed by atoms with van der Waals surface area (Å²) in [6.45, 7) is 1.93. The van der Waals surface area contributed by atoms with Crippen molar-refractivity contribution in [3.05, 3.63) is 48.3 Å². The van der Waals surface area contributed by atoms with Crippen LogP contribution >= 0.6 is 0 Å². The summed E-state index contributed by atoms with van der Waals surface area (Å²) in [4.78, 5) is 28.4. The number of nitrogens with one attached hydrogen (secondary N) is 1. The van der Waals surface area contributed by atoms with Crippen molar-refractivity contribution in [1.82, 2.24) is 24.9 Å². The number of piperidine rings is 1. The van der Waals surface area contributed by atoms with Crippen molar-refractivity contribution < 1.29 is 9.59 Å². The van der Waals surface area contributed by atoms with E-state index in [2.05, 4.69) is 10.4 Å². The zero-order valence-corrected chi connectivity index (χ0v) is 14.2. The summed E-state index contributed by atoms with van der Waals surface area (Å²) in [5, 5.41) is 7.20. The van der Waals surface area contributed by atoms with Crippen LogP contribution in [0.25, 0.3) is 5.69 Å². The van der Waals surface area contributed by atoms with E-state index in [4.69, 9.17) is 0 Å². The third kappa shape index (κ3) is 2.56. The summed E-state index contributed by atoms with van der Waals surface area (Å²) >= 11 is 0. The zero-order chi connectivity index (χ0) is 17.4. The molecule has 0 unspecified atom stereocenters. The first kappa shape index (κ1) is 15.7. The van der Waals surface area contributed by atoms with Crippen LogP contribution in [0.1, 0.15) is 23.3 Å². The highest BCUT2D eigenvalue weighted by Gasteiger charge is 2.45. The van der Waals surface area contributed by atoms with Crippen LogP contribution in [0.2, 0.25) is 0 Å². The monoisotopic (exact) mass is 339 g/mol. The molecule has 0 saturated carbocycles. The molecule has 1 spiro atoms. The Morgan fingerprint density at radius 1 is 1.16 bits per heavy atom. The number of likely N-dealkylation sites (tertiary alicyclic amines) is 1. The Labute approximate surface area is 146 Å². The number of amides is 3. The highest BCUT2D eigenvalue weighted by atomic mass is 16.2. The maximum Gasteiger partial charge on any atom is 0.317 e. The van der Waals surface area contributed by atoms with Crippen molar-refractivity contribution in [1.29, 1.82) is 0 Å². The number of para-hydroxylation sites is 1. The SMILES string of the molecule is CN1C(=O)NCC12CCN(C(=O)c1ccnn1-c1ccccc1)CC2. The van der Waals surface area contributed by atoms with Crippen LogP contribution in [0.4, 0.5) is 4.79 Å². The molecular weight excluding hydrogens is 318 g/mol. The van der Waals surface area contributed by atoms with Gasteiger partial charge in [-0.2, -0.15) is 5.10 Å². The molecule has 25 heavy (non-hydrogen) atoms. The number of urea groups is 1. The minimum absolute atomic E-state index is 0.0175. The molecule has 2 aromatic rings. The van der Waals surface area contributed by atoms with Gasteiger partial charge in [-0.15, -0.1) is 0 Å². The molecule has 0 bridgehead atoms. The van der Waals surface area contributed by atoms with Gasteiger partial charge in [0.15, 0.2) is 0 Å². The Bertz CT molecular complexity index is 793. The van der Waals surface area contributed by atoms with Gasteiger partial charge in [0.25, 0.3) is 5.91 Å². The average molecular weight is 339 g/mol. The van der Waals surface area contributed by atoms with E-state index >= 15 is 0 Å². The third-order valence-electron chi connectivity index (χ3n) is 5.43. The molecule has 0 aliphatic carbocycles. The van der Waals surface area contributed by atoms with Crippen molar-refractivity contribution in [2.75, 3.05) is 26.7 Å². The maximum atomic E-state index is 13.0. The Morgan fingerprint density at radius 3 is 2.52 bits per heavy atom. The van der Waals surface area contributed by atoms with E-state index in [1.807, 2.05) is 42.3 Å².